The second kappa shape index (κ2) is 8.03. The molecule has 0 amide bonds. The number of aryl methyl sites for hydroxylation is 2. The van der Waals surface area contributed by atoms with E-state index in [2.05, 4.69) is 22.4 Å². The van der Waals surface area contributed by atoms with Crippen LogP contribution in [0.3, 0.4) is 0 Å². The molecule has 25 heavy (non-hydrogen) atoms. The van der Waals surface area contributed by atoms with Crippen LogP contribution in [0.5, 0.6) is 0 Å². The van der Waals surface area contributed by atoms with E-state index in [1.165, 1.54) is 10.2 Å². The molecule has 136 valence electrons. The predicted octanol–water partition coefficient (Wildman–Crippen LogP) is -0.574. The van der Waals surface area contributed by atoms with Gasteiger partial charge < -0.3 is 25.2 Å². The molecule has 1 aliphatic heterocycles. The van der Waals surface area contributed by atoms with Crippen molar-refractivity contribution in [3.05, 3.63) is 47.8 Å². The van der Waals surface area contributed by atoms with Crippen LogP contribution in [0.15, 0.2) is 36.5 Å². The van der Waals surface area contributed by atoms with Crippen LogP contribution >= 0.6 is 0 Å². The van der Waals surface area contributed by atoms with Gasteiger partial charge >= 0.3 is 0 Å². The molecule has 4 N–H and O–H groups in total. The van der Waals surface area contributed by atoms with E-state index in [1.807, 2.05) is 18.2 Å². The standard InChI is InChI=1S/C17H23N3O5/c21-10-13-15(22)16(23)14(17(24)25-13)20-9-12(18-19-20)8-4-7-11-5-2-1-3-6-11/h1-3,5-6,9,13-17,21-24H,4,7-8,10H2/t13-,14-,15-,16-,17?/m1/s1. The lowest BCUT2D eigenvalue weighted by molar-refractivity contribution is -0.265. The van der Waals surface area contributed by atoms with Crippen molar-refractivity contribution in [2.24, 2.45) is 0 Å². The number of ether oxygens (including phenoxy) is 1. The molecule has 3 rings (SSSR count). The van der Waals surface area contributed by atoms with E-state index in [9.17, 15) is 15.3 Å². The molecular weight excluding hydrogens is 326 g/mol. The highest BCUT2D eigenvalue weighted by Crippen LogP contribution is 2.28. The smallest absolute Gasteiger partial charge is 0.180 e. The minimum Gasteiger partial charge on any atom is -0.394 e. The maximum Gasteiger partial charge on any atom is 0.180 e. The Kier molecular flexibility index (Phi) is 5.77. The van der Waals surface area contributed by atoms with Gasteiger partial charge in [-0.2, -0.15) is 0 Å². The number of nitrogens with zero attached hydrogens (tertiary/aromatic N) is 3. The van der Waals surface area contributed by atoms with Crippen LogP contribution in [0, 0.1) is 0 Å². The summed E-state index contributed by atoms with van der Waals surface area (Å²) in [6.45, 7) is -0.496. The summed E-state index contributed by atoms with van der Waals surface area (Å²) in [5.74, 6) is 0. The third-order valence-electron chi connectivity index (χ3n) is 4.47. The number of aromatic nitrogens is 3. The zero-order chi connectivity index (χ0) is 17.8. The van der Waals surface area contributed by atoms with E-state index < -0.39 is 37.3 Å². The van der Waals surface area contributed by atoms with E-state index >= 15 is 0 Å². The normalized spacial score (nSPS) is 29.7. The van der Waals surface area contributed by atoms with Crippen LogP contribution in [0.4, 0.5) is 0 Å². The number of hydrogen-bond donors (Lipinski definition) is 4. The Bertz CT molecular complexity index is 665. The van der Waals surface area contributed by atoms with Gasteiger partial charge in [0.25, 0.3) is 0 Å². The zero-order valence-electron chi connectivity index (χ0n) is 13.7. The van der Waals surface area contributed by atoms with Crippen molar-refractivity contribution in [1.29, 1.82) is 0 Å². The summed E-state index contributed by atoms with van der Waals surface area (Å²) in [5, 5.41) is 47.3. The van der Waals surface area contributed by atoms with Crippen molar-refractivity contribution < 1.29 is 25.2 Å². The SMILES string of the molecule is OC[C@H]1OC(O)[C@H](n2cc(CCCc3ccccc3)nn2)[C@@H](O)[C@@H]1O. The Hall–Kier alpha value is -1.84. The summed E-state index contributed by atoms with van der Waals surface area (Å²) < 4.78 is 6.45. The van der Waals surface area contributed by atoms with Gasteiger partial charge in [0.15, 0.2) is 6.29 Å². The maximum atomic E-state index is 10.2. The number of benzene rings is 1. The Morgan fingerprint density at radius 2 is 1.80 bits per heavy atom. The molecular formula is C17H23N3O5. The first-order chi connectivity index (χ1) is 12.1. The van der Waals surface area contributed by atoms with Crippen LogP contribution in [-0.2, 0) is 17.6 Å². The van der Waals surface area contributed by atoms with Gasteiger partial charge in [0.1, 0.15) is 24.4 Å². The maximum absolute atomic E-state index is 10.2. The molecule has 2 heterocycles. The van der Waals surface area contributed by atoms with E-state index in [1.54, 1.807) is 6.20 Å². The molecule has 1 fully saturated rings. The highest BCUT2D eigenvalue weighted by molar-refractivity contribution is 5.14. The molecule has 5 atom stereocenters. The van der Waals surface area contributed by atoms with Crippen molar-refractivity contribution >= 4 is 0 Å². The highest BCUT2D eigenvalue weighted by atomic mass is 16.6. The molecule has 8 heteroatoms. The Balaban J connectivity index is 1.60. The third-order valence-corrected chi connectivity index (χ3v) is 4.47. The van der Waals surface area contributed by atoms with E-state index in [4.69, 9.17) is 9.84 Å². The number of aliphatic hydroxyl groups is 4. The average Bonchev–Trinajstić information content (AvgIpc) is 3.07. The number of aliphatic hydroxyl groups excluding tert-OH is 4. The Labute approximate surface area is 145 Å². The second-order valence-corrected chi connectivity index (χ2v) is 6.25. The van der Waals surface area contributed by atoms with Crippen molar-refractivity contribution in [1.82, 2.24) is 15.0 Å². The minimum atomic E-state index is -1.39. The van der Waals surface area contributed by atoms with Gasteiger partial charge in [-0.15, -0.1) is 5.10 Å². The third kappa shape index (κ3) is 4.05. The predicted molar refractivity (Wildman–Crippen MR) is 87.5 cm³/mol. The largest absolute Gasteiger partial charge is 0.394 e. The molecule has 0 aliphatic carbocycles. The summed E-state index contributed by atoms with van der Waals surface area (Å²) in [6.07, 6.45) is -0.908. The monoisotopic (exact) mass is 349 g/mol. The van der Waals surface area contributed by atoms with Crippen LogP contribution in [0.25, 0.3) is 0 Å². The fourth-order valence-electron chi connectivity index (χ4n) is 3.06. The lowest BCUT2D eigenvalue weighted by Crippen LogP contribution is -2.56. The summed E-state index contributed by atoms with van der Waals surface area (Å²) in [7, 11) is 0. The van der Waals surface area contributed by atoms with Crippen molar-refractivity contribution in [2.75, 3.05) is 6.61 Å². The van der Waals surface area contributed by atoms with E-state index in [-0.39, 0.29) is 0 Å². The molecule has 1 aromatic heterocycles. The van der Waals surface area contributed by atoms with Gasteiger partial charge in [-0.25, -0.2) is 4.68 Å². The molecule has 0 saturated carbocycles. The van der Waals surface area contributed by atoms with Gasteiger partial charge in [-0.3, -0.25) is 0 Å². The molecule has 1 saturated heterocycles. The molecule has 0 bridgehead atoms. The Morgan fingerprint density at radius 3 is 2.52 bits per heavy atom. The lowest BCUT2D eigenvalue weighted by Gasteiger charge is -2.39. The van der Waals surface area contributed by atoms with Crippen LogP contribution in [0.1, 0.15) is 23.7 Å². The second-order valence-electron chi connectivity index (χ2n) is 6.25. The lowest BCUT2D eigenvalue weighted by atomic mass is 9.97. The van der Waals surface area contributed by atoms with Crippen LogP contribution in [-0.4, -0.2) is 66.6 Å². The molecule has 0 radical (unpaired) electrons. The summed E-state index contributed by atoms with van der Waals surface area (Å²) in [6, 6.07) is 9.15. The Morgan fingerprint density at radius 1 is 1.04 bits per heavy atom. The summed E-state index contributed by atoms with van der Waals surface area (Å²) in [4.78, 5) is 0. The first kappa shape index (κ1) is 18.0. The molecule has 1 aromatic carbocycles. The number of rotatable bonds is 6. The molecule has 1 unspecified atom stereocenters. The molecule has 2 aromatic rings. The zero-order valence-corrected chi connectivity index (χ0v) is 13.7. The fourth-order valence-corrected chi connectivity index (χ4v) is 3.06. The van der Waals surface area contributed by atoms with E-state index in [0.717, 1.165) is 18.5 Å². The molecule has 8 nitrogen and oxygen atoms in total. The first-order valence-electron chi connectivity index (χ1n) is 8.35. The molecule has 0 spiro atoms. The van der Waals surface area contributed by atoms with Gasteiger partial charge in [0.2, 0.25) is 0 Å². The fraction of sp³-hybridized carbons (Fsp3) is 0.529. The summed E-state index contributed by atoms with van der Waals surface area (Å²) in [5.41, 5.74) is 1.98. The summed E-state index contributed by atoms with van der Waals surface area (Å²) >= 11 is 0. The van der Waals surface area contributed by atoms with Gasteiger partial charge in [0.05, 0.1) is 12.3 Å². The van der Waals surface area contributed by atoms with Crippen LogP contribution < -0.4 is 0 Å². The van der Waals surface area contributed by atoms with Gasteiger partial charge in [-0.1, -0.05) is 35.5 Å². The van der Waals surface area contributed by atoms with Gasteiger partial charge in [-0.05, 0) is 24.8 Å². The minimum absolute atomic E-state index is 0.496. The van der Waals surface area contributed by atoms with Crippen molar-refractivity contribution in [2.45, 2.75) is 49.9 Å². The van der Waals surface area contributed by atoms with Gasteiger partial charge in [0, 0.05) is 6.20 Å². The topological polar surface area (TPSA) is 121 Å². The van der Waals surface area contributed by atoms with E-state index in [0.29, 0.717) is 6.42 Å². The first-order valence-corrected chi connectivity index (χ1v) is 8.35. The number of hydrogen-bond acceptors (Lipinski definition) is 7. The molecule has 1 aliphatic rings. The van der Waals surface area contributed by atoms with Crippen molar-refractivity contribution in [3.8, 4) is 0 Å². The quantitative estimate of drug-likeness (QED) is 0.551. The average molecular weight is 349 g/mol. The van der Waals surface area contributed by atoms with Crippen molar-refractivity contribution in [3.63, 3.8) is 0 Å². The highest BCUT2D eigenvalue weighted by Gasteiger charge is 2.45. The van der Waals surface area contributed by atoms with Crippen LogP contribution in [0.2, 0.25) is 0 Å².